The number of hydrogen-bond donors (Lipinski definition) is 6. The zero-order chi connectivity index (χ0) is 13.4. The van der Waals surface area contributed by atoms with Crippen molar-refractivity contribution in [1.82, 2.24) is 0 Å². The van der Waals surface area contributed by atoms with Crippen molar-refractivity contribution in [1.29, 1.82) is 0 Å². The van der Waals surface area contributed by atoms with Crippen LogP contribution in [-0.2, 0) is 0 Å². The molecule has 0 bridgehead atoms. The van der Waals surface area contributed by atoms with Crippen LogP contribution < -0.4 is 22.9 Å². The molecule has 0 aliphatic heterocycles. The Hall–Kier alpha value is -2.76. The molecule has 0 fully saturated rings. The van der Waals surface area contributed by atoms with Gasteiger partial charge in [-0.1, -0.05) is 6.07 Å². The predicted octanol–water partition coefficient (Wildman–Crippen LogP) is 0.694. The second kappa shape index (κ2) is 3.92. The highest BCUT2D eigenvalue weighted by Gasteiger charge is 2.17. The lowest BCUT2D eigenvalue weighted by atomic mass is 9.99. The Morgan fingerprint density at radius 1 is 0.889 bits per heavy atom. The molecule has 6 heteroatoms. The monoisotopic (exact) mass is 244 g/mol. The lowest BCUT2D eigenvalue weighted by molar-refractivity contribution is 0.405. The molecule has 0 saturated carbocycles. The van der Waals surface area contributed by atoms with Gasteiger partial charge in [0.1, 0.15) is 5.69 Å². The first-order valence-electron chi connectivity index (χ1n) is 5.01. The van der Waals surface area contributed by atoms with Gasteiger partial charge < -0.3 is 33.1 Å². The molecule has 0 aliphatic carbocycles. The minimum absolute atomic E-state index is 0.0545. The normalized spacial score (nSPS) is 10.4. The van der Waals surface area contributed by atoms with Gasteiger partial charge in [-0.3, -0.25) is 0 Å². The Kier molecular flexibility index (Phi) is 2.55. The van der Waals surface area contributed by atoms with Crippen molar-refractivity contribution in [3.63, 3.8) is 0 Å². The van der Waals surface area contributed by atoms with E-state index in [0.29, 0.717) is 11.3 Å². The summed E-state index contributed by atoms with van der Waals surface area (Å²) in [7, 11) is 0. The smallest absolute Gasteiger partial charge is 0.183 e. The van der Waals surface area contributed by atoms with E-state index < -0.39 is 11.5 Å². The van der Waals surface area contributed by atoms with Gasteiger partial charge in [-0.05, 0) is 12.1 Å². The van der Waals surface area contributed by atoms with E-state index in [4.69, 9.17) is 22.9 Å². The van der Waals surface area contributed by atoms with Crippen LogP contribution in [0.25, 0.3) is 11.1 Å². The largest absolute Gasteiger partial charge is 0.504 e. The third kappa shape index (κ3) is 1.60. The standard InChI is InChI=1S/C12H12N4O2/c13-7-3-1-2-5(9(7)14)6-4-8(17)12(18)11(16)10(6)15/h1,3,17-18H,13-16H2. The molecule has 6 nitrogen and oxygen atoms in total. The van der Waals surface area contributed by atoms with Crippen molar-refractivity contribution in [2.45, 2.75) is 0 Å². The lowest BCUT2D eigenvalue weighted by Gasteiger charge is -2.13. The zero-order valence-corrected chi connectivity index (χ0v) is 9.36. The van der Waals surface area contributed by atoms with E-state index in [1.807, 2.05) is 0 Å². The number of aromatic hydroxyl groups is 2. The highest BCUT2D eigenvalue weighted by Crippen LogP contribution is 2.43. The number of nitrogens with two attached hydrogens (primary N) is 4. The quantitative estimate of drug-likeness (QED) is 0.247. The van der Waals surface area contributed by atoms with Crippen molar-refractivity contribution >= 4 is 22.7 Å². The third-order valence-electron chi connectivity index (χ3n) is 2.60. The number of nitrogen functional groups attached to an aromatic ring is 4. The van der Waals surface area contributed by atoms with Crippen molar-refractivity contribution in [2.75, 3.05) is 22.9 Å². The third-order valence-corrected chi connectivity index (χ3v) is 2.60. The summed E-state index contributed by atoms with van der Waals surface area (Å²) in [5.41, 5.74) is 23.9. The molecule has 0 spiro atoms. The maximum Gasteiger partial charge on any atom is 0.183 e. The summed E-state index contributed by atoms with van der Waals surface area (Å²) in [4.78, 5) is 0. The fourth-order valence-electron chi connectivity index (χ4n) is 1.57. The van der Waals surface area contributed by atoms with E-state index in [1.54, 1.807) is 12.1 Å². The van der Waals surface area contributed by atoms with Gasteiger partial charge in [0.2, 0.25) is 0 Å². The van der Waals surface area contributed by atoms with Crippen LogP contribution in [0, 0.1) is 12.1 Å². The summed E-state index contributed by atoms with van der Waals surface area (Å²) in [6.07, 6.45) is 0. The van der Waals surface area contributed by atoms with Crippen LogP contribution in [0.1, 0.15) is 0 Å². The van der Waals surface area contributed by atoms with Gasteiger partial charge >= 0.3 is 0 Å². The molecule has 0 aromatic heterocycles. The first kappa shape index (κ1) is 11.7. The maximum atomic E-state index is 9.50. The molecule has 2 radical (unpaired) electrons. The molecule has 0 unspecified atom stereocenters. The predicted molar refractivity (Wildman–Crippen MR) is 70.5 cm³/mol. The van der Waals surface area contributed by atoms with Gasteiger partial charge in [0.25, 0.3) is 0 Å². The minimum atomic E-state index is -0.515. The number of phenolic OH excluding ortho intramolecular Hbond substituents is 2. The minimum Gasteiger partial charge on any atom is -0.504 e. The number of benzene rings is 2. The fraction of sp³-hybridized carbons (Fsp3) is 0. The molecule has 2 rings (SSSR count). The Labute approximate surface area is 103 Å². The SMILES string of the molecule is Nc1cc[c]c(-c2[c]c(O)c(O)c(N)c2N)c1N. The van der Waals surface area contributed by atoms with Crippen LogP contribution in [0.3, 0.4) is 0 Å². The summed E-state index contributed by atoms with van der Waals surface area (Å²) in [5.74, 6) is -1.02. The van der Waals surface area contributed by atoms with E-state index >= 15 is 0 Å². The molecule has 0 atom stereocenters. The van der Waals surface area contributed by atoms with E-state index in [-0.39, 0.29) is 22.6 Å². The number of phenols is 2. The fourth-order valence-corrected chi connectivity index (χ4v) is 1.57. The highest BCUT2D eigenvalue weighted by atomic mass is 16.3. The van der Waals surface area contributed by atoms with Crippen molar-refractivity contribution in [3.8, 4) is 22.6 Å². The van der Waals surface area contributed by atoms with Gasteiger partial charge in [0.05, 0.1) is 17.1 Å². The van der Waals surface area contributed by atoms with Crippen LogP contribution in [0.15, 0.2) is 12.1 Å². The van der Waals surface area contributed by atoms with Crippen LogP contribution >= 0.6 is 0 Å². The molecule has 10 N–H and O–H groups in total. The summed E-state index contributed by atoms with van der Waals surface area (Å²) >= 11 is 0. The molecule has 2 aromatic rings. The summed E-state index contributed by atoms with van der Waals surface area (Å²) in [6, 6.07) is 8.49. The van der Waals surface area contributed by atoms with Crippen molar-refractivity contribution in [3.05, 3.63) is 24.3 Å². The molecule has 0 heterocycles. The Bertz CT molecular complexity index is 626. The Balaban J connectivity index is 2.76. The van der Waals surface area contributed by atoms with Crippen LogP contribution in [-0.4, -0.2) is 10.2 Å². The average molecular weight is 244 g/mol. The molecule has 0 amide bonds. The summed E-state index contributed by atoms with van der Waals surface area (Å²) in [5, 5.41) is 18.9. The topological polar surface area (TPSA) is 145 Å². The summed E-state index contributed by atoms with van der Waals surface area (Å²) < 4.78 is 0. The second-order valence-corrected chi connectivity index (χ2v) is 3.75. The maximum absolute atomic E-state index is 9.50. The van der Waals surface area contributed by atoms with E-state index in [2.05, 4.69) is 12.1 Å². The van der Waals surface area contributed by atoms with Crippen LogP contribution in [0.5, 0.6) is 11.5 Å². The molecule has 0 aliphatic rings. The molecule has 0 saturated heterocycles. The Morgan fingerprint density at radius 2 is 1.56 bits per heavy atom. The van der Waals surface area contributed by atoms with E-state index in [9.17, 15) is 10.2 Å². The number of hydrogen-bond acceptors (Lipinski definition) is 6. The van der Waals surface area contributed by atoms with E-state index in [1.165, 1.54) is 0 Å². The second-order valence-electron chi connectivity index (χ2n) is 3.75. The molecular weight excluding hydrogens is 232 g/mol. The highest BCUT2D eigenvalue weighted by molar-refractivity contribution is 5.95. The average Bonchev–Trinajstić information content (AvgIpc) is 2.35. The first-order valence-corrected chi connectivity index (χ1v) is 5.01. The van der Waals surface area contributed by atoms with Crippen LogP contribution in [0.4, 0.5) is 22.7 Å². The molecular formula is C12H12N4O2. The summed E-state index contributed by atoms with van der Waals surface area (Å²) in [6.45, 7) is 0. The van der Waals surface area contributed by atoms with Gasteiger partial charge in [0.15, 0.2) is 11.5 Å². The van der Waals surface area contributed by atoms with Gasteiger partial charge in [-0.2, -0.15) is 0 Å². The van der Waals surface area contributed by atoms with Crippen molar-refractivity contribution in [2.24, 2.45) is 0 Å². The number of rotatable bonds is 1. The Morgan fingerprint density at radius 3 is 2.22 bits per heavy atom. The van der Waals surface area contributed by atoms with Crippen molar-refractivity contribution < 1.29 is 10.2 Å². The molecule has 18 heavy (non-hydrogen) atoms. The molecule has 92 valence electrons. The zero-order valence-electron chi connectivity index (χ0n) is 9.36. The van der Waals surface area contributed by atoms with Gasteiger partial charge in [-0.25, -0.2) is 0 Å². The van der Waals surface area contributed by atoms with Crippen LogP contribution in [0.2, 0.25) is 0 Å². The number of anilines is 4. The lowest BCUT2D eigenvalue weighted by Crippen LogP contribution is -2.02. The molecule has 2 aromatic carbocycles. The van der Waals surface area contributed by atoms with E-state index in [0.717, 1.165) is 0 Å². The van der Waals surface area contributed by atoms with Gasteiger partial charge in [-0.15, -0.1) is 0 Å². The first-order chi connectivity index (χ1) is 8.43. The van der Waals surface area contributed by atoms with Gasteiger partial charge in [0, 0.05) is 17.2 Å².